The Bertz CT molecular complexity index is 753. The SMILES string of the molecule is O=c1cc(-c2ccncc2)nc(NCCc2cccs2)[nH]1. The van der Waals surface area contributed by atoms with Gasteiger partial charge in [0.2, 0.25) is 5.95 Å². The highest BCUT2D eigenvalue weighted by atomic mass is 32.1. The number of thiophene rings is 1. The van der Waals surface area contributed by atoms with Crippen molar-refractivity contribution in [2.24, 2.45) is 0 Å². The summed E-state index contributed by atoms with van der Waals surface area (Å²) in [7, 11) is 0. The molecule has 0 amide bonds. The van der Waals surface area contributed by atoms with Crippen LogP contribution in [0.1, 0.15) is 4.88 Å². The van der Waals surface area contributed by atoms with E-state index in [1.165, 1.54) is 10.9 Å². The summed E-state index contributed by atoms with van der Waals surface area (Å²) in [4.78, 5) is 24.1. The molecule has 5 nitrogen and oxygen atoms in total. The van der Waals surface area contributed by atoms with E-state index in [2.05, 4.69) is 31.7 Å². The third kappa shape index (κ3) is 3.55. The highest BCUT2D eigenvalue weighted by Gasteiger charge is 2.03. The summed E-state index contributed by atoms with van der Waals surface area (Å²) in [5, 5.41) is 5.21. The molecular formula is C15H14N4OS. The molecule has 0 radical (unpaired) electrons. The Morgan fingerprint density at radius 1 is 1.24 bits per heavy atom. The van der Waals surface area contributed by atoms with E-state index in [0.29, 0.717) is 11.6 Å². The second kappa shape index (κ2) is 6.32. The molecule has 0 atom stereocenters. The van der Waals surface area contributed by atoms with Gasteiger partial charge in [0.25, 0.3) is 5.56 Å². The van der Waals surface area contributed by atoms with Crippen LogP contribution in [-0.4, -0.2) is 21.5 Å². The van der Waals surface area contributed by atoms with Crippen molar-refractivity contribution in [1.82, 2.24) is 15.0 Å². The van der Waals surface area contributed by atoms with Crippen LogP contribution in [0.15, 0.2) is 52.9 Å². The summed E-state index contributed by atoms with van der Waals surface area (Å²) in [6, 6.07) is 9.27. The number of rotatable bonds is 5. The lowest BCUT2D eigenvalue weighted by Gasteiger charge is -2.06. The molecule has 0 aliphatic carbocycles. The van der Waals surface area contributed by atoms with Crippen LogP contribution < -0.4 is 10.9 Å². The van der Waals surface area contributed by atoms with Crippen molar-refractivity contribution in [2.75, 3.05) is 11.9 Å². The van der Waals surface area contributed by atoms with Crippen molar-refractivity contribution in [2.45, 2.75) is 6.42 Å². The minimum atomic E-state index is -0.171. The molecule has 3 rings (SSSR count). The zero-order chi connectivity index (χ0) is 14.5. The van der Waals surface area contributed by atoms with Gasteiger partial charge < -0.3 is 5.32 Å². The Hall–Kier alpha value is -2.47. The lowest BCUT2D eigenvalue weighted by atomic mass is 10.2. The van der Waals surface area contributed by atoms with Gasteiger partial charge >= 0.3 is 0 Å². The normalized spacial score (nSPS) is 10.5. The Balaban J connectivity index is 1.74. The molecule has 3 aromatic rings. The van der Waals surface area contributed by atoms with E-state index < -0.39 is 0 Å². The summed E-state index contributed by atoms with van der Waals surface area (Å²) in [6.45, 7) is 0.725. The molecule has 3 heterocycles. The van der Waals surface area contributed by atoms with Crippen LogP contribution in [0.25, 0.3) is 11.3 Å². The van der Waals surface area contributed by atoms with Gasteiger partial charge in [0.05, 0.1) is 5.69 Å². The molecule has 0 fully saturated rings. The lowest BCUT2D eigenvalue weighted by molar-refractivity contribution is 0.992. The number of nitrogens with zero attached hydrogens (tertiary/aromatic N) is 2. The molecule has 21 heavy (non-hydrogen) atoms. The van der Waals surface area contributed by atoms with Gasteiger partial charge in [-0.15, -0.1) is 11.3 Å². The van der Waals surface area contributed by atoms with Crippen LogP contribution in [0.5, 0.6) is 0 Å². The average molecular weight is 298 g/mol. The number of hydrogen-bond acceptors (Lipinski definition) is 5. The number of pyridine rings is 1. The Morgan fingerprint density at radius 3 is 2.86 bits per heavy atom. The fourth-order valence-electron chi connectivity index (χ4n) is 1.97. The van der Waals surface area contributed by atoms with Crippen LogP contribution in [0.4, 0.5) is 5.95 Å². The minimum Gasteiger partial charge on any atom is -0.355 e. The molecule has 0 aliphatic heterocycles. The summed E-state index contributed by atoms with van der Waals surface area (Å²) >= 11 is 1.72. The summed E-state index contributed by atoms with van der Waals surface area (Å²) in [6.07, 6.45) is 4.27. The minimum absolute atomic E-state index is 0.171. The molecular weight excluding hydrogens is 284 g/mol. The van der Waals surface area contributed by atoms with Crippen LogP contribution in [-0.2, 0) is 6.42 Å². The van der Waals surface area contributed by atoms with E-state index in [9.17, 15) is 4.79 Å². The summed E-state index contributed by atoms with van der Waals surface area (Å²) in [5.41, 5.74) is 1.34. The maximum absolute atomic E-state index is 11.7. The highest BCUT2D eigenvalue weighted by Crippen LogP contribution is 2.15. The fraction of sp³-hybridized carbons (Fsp3) is 0.133. The van der Waals surface area contributed by atoms with Crippen molar-refractivity contribution >= 4 is 17.3 Å². The molecule has 0 saturated carbocycles. The van der Waals surface area contributed by atoms with Gasteiger partial charge in [-0.1, -0.05) is 6.07 Å². The first-order valence-electron chi connectivity index (χ1n) is 6.59. The molecule has 106 valence electrons. The average Bonchev–Trinajstić information content (AvgIpc) is 3.01. The van der Waals surface area contributed by atoms with Gasteiger partial charge in [-0.25, -0.2) is 4.98 Å². The molecule has 0 aliphatic rings. The van der Waals surface area contributed by atoms with Gasteiger partial charge in [-0.2, -0.15) is 0 Å². The van der Waals surface area contributed by atoms with Gasteiger partial charge in [0.15, 0.2) is 0 Å². The Kier molecular flexibility index (Phi) is 4.07. The zero-order valence-electron chi connectivity index (χ0n) is 11.2. The largest absolute Gasteiger partial charge is 0.355 e. The molecule has 6 heteroatoms. The van der Waals surface area contributed by atoms with Crippen LogP contribution in [0.3, 0.4) is 0 Å². The van der Waals surface area contributed by atoms with E-state index in [-0.39, 0.29) is 5.56 Å². The van der Waals surface area contributed by atoms with Gasteiger partial charge in [-0.05, 0) is 30.0 Å². The highest BCUT2D eigenvalue weighted by molar-refractivity contribution is 7.09. The lowest BCUT2D eigenvalue weighted by Crippen LogP contribution is -2.14. The predicted molar refractivity (Wildman–Crippen MR) is 84.6 cm³/mol. The van der Waals surface area contributed by atoms with Crippen molar-refractivity contribution in [3.8, 4) is 11.3 Å². The summed E-state index contributed by atoms with van der Waals surface area (Å²) < 4.78 is 0. The van der Waals surface area contributed by atoms with E-state index in [0.717, 1.165) is 18.5 Å². The molecule has 2 N–H and O–H groups in total. The maximum Gasteiger partial charge on any atom is 0.252 e. The number of H-pyrrole nitrogens is 1. The number of hydrogen-bond donors (Lipinski definition) is 2. The van der Waals surface area contributed by atoms with E-state index >= 15 is 0 Å². The van der Waals surface area contributed by atoms with Crippen LogP contribution >= 0.6 is 11.3 Å². The predicted octanol–water partition coefficient (Wildman–Crippen LogP) is 2.55. The van der Waals surface area contributed by atoms with Gasteiger partial charge in [0, 0.05) is 35.4 Å². The first kappa shape index (κ1) is 13.5. The molecule has 0 aromatic carbocycles. The fourth-order valence-corrected chi connectivity index (χ4v) is 2.68. The van der Waals surface area contributed by atoms with Crippen LogP contribution in [0, 0.1) is 0 Å². The quantitative estimate of drug-likeness (QED) is 0.759. The molecule has 0 bridgehead atoms. The smallest absolute Gasteiger partial charge is 0.252 e. The van der Waals surface area contributed by atoms with Crippen molar-refractivity contribution < 1.29 is 0 Å². The van der Waals surface area contributed by atoms with Gasteiger partial charge in [-0.3, -0.25) is 14.8 Å². The maximum atomic E-state index is 11.7. The number of anilines is 1. The topological polar surface area (TPSA) is 70.7 Å². The van der Waals surface area contributed by atoms with E-state index in [1.807, 2.05) is 18.2 Å². The second-order valence-corrected chi connectivity index (χ2v) is 5.50. The van der Waals surface area contributed by atoms with Gasteiger partial charge in [0.1, 0.15) is 0 Å². The number of nitrogens with one attached hydrogen (secondary N) is 2. The second-order valence-electron chi connectivity index (χ2n) is 4.47. The zero-order valence-corrected chi connectivity index (χ0v) is 12.1. The third-order valence-electron chi connectivity index (χ3n) is 2.96. The van der Waals surface area contributed by atoms with Crippen molar-refractivity contribution in [3.63, 3.8) is 0 Å². The molecule has 3 aromatic heterocycles. The van der Waals surface area contributed by atoms with Crippen molar-refractivity contribution in [1.29, 1.82) is 0 Å². The standard InChI is InChI=1S/C15H14N4OS/c20-14-10-13(11-3-6-16-7-4-11)18-15(19-14)17-8-5-12-2-1-9-21-12/h1-4,6-7,9-10H,5,8H2,(H2,17,18,19,20). The van der Waals surface area contributed by atoms with Crippen LogP contribution in [0.2, 0.25) is 0 Å². The summed E-state index contributed by atoms with van der Waals surface area (Å²) in [5.74, 6) is 0.492. The molecule has 0 saturated heterocycles. The Labute approximate surface area is 125 Å². The monoisotopic (exact) mass is 298 g/mol. The Morgan fingerprint density at radius 2 is 2.10 bits per heavy atom. The van der Waals surface area contributed by atoms with E-state index in [4.69, 9.17) is 0 Å². The molecule has 0 unspecified atom stereocenters. The third-order valence-corrected chi connectivity index (χ3v) is 3.90. The van der Waals surface area contributed by atoms with E-state index in [1.54, 1.807) is 23.7 Å². The number of aromatic amines is 1. The first-order valence-corrected chi connectivity index (χ1v) is 7.47. The first-order chi connectivity index (χ1) is 10.3. The molecule has 0 spiro atoms. The number of aromatic nitrogens is 3. The van der Waals surface area contributed by atoms with Crippen molar-refractivity contribution in [3.05, 3.63) is 63.3 Å².